The summed E-state index contributed by atoms with van der Waals surface area (Å²) in [5.41, 5.74) is 0.0828. The van der Waals surface area contributed by atoms with E-state index < -0.39 is 11.4 Å². The third-order valence-corrected chi connectivity index (χ3v) is 3.00. The lowest BCUT2D eigenvalue weighted by Gasteiger charge is -2.10. The minimum absolute atomic E-state index is 0.0102. The van der Waals surface area contributed by atoms with Gasteiger partial charge in [-0.15, -0.1) is 0 Å². The first-order valence-corrected chi connectivity index (χ1v) is 5.16. The van der Waals surface area contributed by atoms with Crippen LogP contribution in [0.2, 0.25) is 5.02 Å². The lowest BCUT2D eigenvalue weighted by Crippen LogP contribution is -2.11. The maximum atomic E-state index is 13.3. The summed E-state index contributed by atoms with van der Waals surface area (Å²) in [6.45, 7) is 0. The Balaban J connectivity index is 2.28. The first-order valence-electron chi connectivity index (χ1n) is 4.78. The number of aliphatic hydroxyl groups is 1. The third kappa shape index (κ3) is 2.24. The van der Waals surface area contributed by atoms with Crippen LogP contribution in [0.15, 0.2) is 12.1 Å². The van der Waals surface area contributed by atoms with Gasteiger partial charge in [0.1, 0.15) is 16.6 Å². The Morgan fingerprint density at radius 2 is 2.20 bits per heavy atom. The molecule has 0 unspecified atom stereocenters. The minimum atomic E-state index is -0.634. The predicted octanol–water partition coefficient (Wildman–Crippen LogP) is 2.56. The van der Waals surface area contributed by atoms with Crippen molar-refractivity contribution < 1.29 is 14.2 Å². The lowest BCUT2D eigenvalue weighted by atomic mass is 10.1. The van der Waals surface area contributed by atoms with E-state index >= 15 is 0 Å². The smallest absolute Gasteiger partial charge is 0.145 e. The van der Waals surface area contributed by atoms with E-state index in [1.807, 2.05) is 0 Å². The monoisotopic (exact) mass is 230 g/mol. The molecule has 0 atom stereocenters. The van der Waals surface area contributed by atoms with Crippen LogP contribution in [-0.2, 0) is 6.42 Å². The van der Waals surface area contributed by atoms with Crippen molar-refractivity contribution in [1.29, 1.82) is 0 Å². The van der Waals surface area contributed by atoms with Crippen molar-refractivity contribution in [2.75, 3.05) is 7.11 Å². The minimum Gasteiger partial charge on any atom is -0.495 e. The van der Waals surface area contributed by atoms with Crippen LogP contribution in [0.3, 0.4) is 0 Å². The SMILES string of the molecule is COc1cc(CC2(O)CC2)cc(F)c1Cl. The first-order chi connectivity index (χ1) is 7.04. The molecule has 0 spiro atoms. The van der Waals surface area contributed by atoms with Gasteiger partial charge in [-0.1, -0.05) is 11.6 Å². The second kappa shape index (κ2) is 3.65. The lowest BCUT2D eigenvalue weighted by molar-refractivity contribution is 0.151. The molecule has 1 N–H and O–H groups in total. The summed E-state index contributed by atoms with van der Waals surface area (Å²) in [6.07, 6.45) is 2.01. The van der Waals surface area contributed by atoms with Crippen LogP contribution in [-0.4, -0.2) is 17.8 Å². The summed E-state index contributed by atoms with van der Waals surface area (Å²) < 4.78 is 18.3. The Labute approximate surface area is 92.6 Å². The van der Waals surface area contributed by atoms with Gasteiger partial charge in [0.05, 0.1) is 12.7 Å². The number of methoxy groups -OCH3 is 1. The average molecular weight is 231 g/mol. The molecule has 0 bridgehead atoms. The molecule has 1 fully saturated rings. The summed E-state index contributed by atoms with van der Waals surface area (Å²) in [5.74, 6) is -0.189. The van der Waals surface area contributed by atoms with Crippen LogP contribution >= 0.6 is 11.6 Å². The molecule has 0 saturated heterocycles. The van der Waals surface area contributed by atoms with E-state index in [4.69, 9.17) is 16.3 Å². The second-order valence-electron chi connectivity index (χ2n) is 4.00. The number of rotatable bonds is 3. The van der Waals surface area contributed by atoms with Gasteiger partial charge in [0.15, 0.2) is 0 Å². The number of halogens is 2. The van der Waals surface area contributed by atoms with E-state index in [1.165, 1.54) is 13.2 Å². The molecule has 1 aromatic rings. The molecule has 1 saturated carbocycles. The highest BCUT2D eigenvalue weighted by molar-refractivity contribution is 6.32. The summed E-state index contributed by atoms with van der Waals surface area (Å²) in [7, 11) is 1.44. The van der Waals surface area contributed by atoms with Crippen molar-refractivity contribution in [3.63, 3.8) is 0 Å². The van der Waals surface area contributed by atoms with Crippen LogP contribution in [0.5, 0.6) is 5.75 Å². The van der Waals surface area contributed by atoms with Crippen LogP contribution in [0.4, 0.5) is 4.39 Å². The van der Waals surface area contributed by atoms with Crippen molar-refractivity contribution in [3.8, 4) is 5.75 Å². The van der Waals surface area contributed by atoms with Gasteiger partial charge in [0.2, 0.25) is 0 Å². The molecular formula is C11H12ClFO2. The fourth-order valence-corrected chi connectivity index (χ4v) is 1.76. The highest BCUT2D eigenvalue weighted by Crippen LogP contribution is 2.39. The maximum Gasteiger partial charge on any atom is 0.145 e. The molecule has 4 heteroatoms. The van der Waals surface area contributed by atoms with Gasteiger partial charge < -0.3 is 9.84 Å². The summed E-state index contributed by atoms with van der Waals surface area (Å²) in [6, 6.07) is 3.02. The topological polar surface area (TPSA) is 29.5 Å². The molecule has 82 valence electrons. The fraction of sp³-hybridized carbons (Fsp3) is 0.455. The van der Waals surface area contributed by atoms with Crippen molar-refractivity contribution in [2.45, 2.75) is 24.9 Å². The molecule has 0 amide bonds. The zero-order chi connectivity index (χ0) is 11.1. The number of benzene rings is 1. The predicted molar refractivity (Wildman–Crippen MR) is 55.8 cm³/mol. The molecule has 0 aliphatic heterocycles. The van der Waals surface area contributed by atoms with E-state index in [1.54, 1.807) is 6.07 Å². The van der Waals surface area contributed by atoms with Gasteiger partial charge in [-0.2, -0.15) is 0 Å². The Kier molecular flexibility index (Phi) is 2.61. The quantitative estimate of drug-likeness (QED) is 0.865. The van der Waals surface area contributed by atoms with Crippen molar-refractivity contribution in [1.82, 2.24) is 0 Å². The normalized spacial score (nSPS) is 17.6. The van der Waals surface area contributed by atoms with E-state index in [9.17, 15) is 9.50 Å². The van der Waals surface area contributed by atoms with E-state index in [0.717, 1.165) is 12.8 Å². The molecule has 1 aliphatic carbocycles. The van der Waals surface area contributed by atoms with Gasteiger partial charge in [-0.05, 0) is 30.5 Å². The highest BCUT2D eigenvalue weighted by atomic mass is 35.5. The number of ether oxygens (including phenoxy) is 1. The molecular weight excluding hydrogens is 219 g/mol. The van der Waals surface area contributed by atoms with E-state index in [2.05, 4.69) is 0 Å². The van der Waals surface area contributed by atoms with Gasteiger partial charge >= 0.3 is 0 Å². The maximum absolute atomic E-state index is 13.3. The zero-order valence-corrected chi connectivity index (χ0v) is 9.14. The zero-order valence-electron chi connectivity index (χ0n) is 8.39. The Morgan fingerprint density at radius 3 is 2.73 bits per heavy atom. The highest BCUT2D eigenvalue weighted by Gasteiger charge is 2.40. The fourth-order valence-electron chi connectivity index (χ4n) is 1.57. The largest absolute Gasteiger partial charge is 0.495 e. The van der Waals surface area contributed by atoms with Gasteiger partial charge in [0, 0.05) is 6.42 Å². The third-order valence-electron chi connectivity index (χ3n) is 2.63. The molecule has 15 heavy (non-hydrogen) atoms. The molecule has 1 aliphatic rings. The average Bonchev–Trinajstić information content (AvgIpc) is 2.89. The number of hydrogen-bond acceptors (Lipinski definition) is 2. The Morgan fingerprint density at radius 1 is 1.53 bits per heavy atom. The van der Waals surface area contributed by atoms with Crippen LogP contribution in [0.1, 0.15) is 18.4 Å². The second-order valence-corrected chi connectivity index (χ2v) is 4.37. The Hall–Kier alpha value is -0.800. The summed E-state index contributed by atoms with van der Waals surface area (Å²) >= 11 is 5.69. The summed E-state index contributed by atoms with van der Waals surface area (Å²) in [4.78, 5) is 0. The summed E-state index contributed by atoms with van der Waals surface area (Å²) in [5, 5.41) is 9.70. The van der Waals surface area contributed by atoms with E-state index in [-0.39, 0.29) is 5.02 Å². The van der Waals surface area contributed by atoms with Crippen LogP contribution < -0.4 is 4.74 Å². The van der Waals surface area contributed by atoms with Gasteiger partial charge in [0.25, 0.3) is 0 Å². The van der Waals surface area contributed by atoms with Crippen LogP contribution in [0.25, 0.3) is 0 Å². The Bertz CT molecular complexity index is 388. The molecule has 1 aromatic carbocycles. The van der Waals surface area contributed by atoms with Crippen molar-refractivity contribution >= 4 is 11.6 Å². The number of hydrogen-bond donors (Lipinski definition) is 1. The molecule has 0 radical (unpaired) electrons. The van der Waals surface area contributed by atoms with Gasteiger partial charge in [-0.3, -0.25) is 0 Å². The van der Waals surface area contributed by atoms with Gasteiger partial charge in [-0.25, -0.2) is 4.39 Å². The van der Waals surface area contributed by atoms with Crippen molar-refractivity contribution in [3.05, 3.63) is 28.5 Å². The standard InChI is InChI=1S/C11H12ClFO2/c1-15-9-5-7(4-8(13)10(9)12)6-11(14)2-3-11/h4-5,14H,2-3,6H2,1H3. The van der Waals surface area contributed by atoms with Crippen LogP contribution in [0, 0.1) is 5.82 Å². The van der Waals surface area contributed by atoms with Crippen molar-refractivity contribution in [2.24, 2.45) is 0 Å². The molecule has 2 nitrogen and oxygen atoms in total. The molecule has 2 rings (SSSR count). The molecule has 0 aromatic heterocycles. The molecule has 0 heterocycles. The first kappa shape index (κ1) is 10.7. The van der Waals surface area contributed by atoms with E-state index in [0.29, 0.717) is 17.7 Å².